The fraction of sp³-hybridized carbons (Fsp3) is 1.00. The van der Waals surface area contributed by atoms with Crippen LogP contribution in [0, 0.1) is 0 Å². The molecule has 0 bridgehead atoms. The van der Waals surface area contributed by atoms with E-state index < -0.39 is 22.0 Å². The van der Waals surface area contributed by atoms with Crippen LogP contribution in [0.4, 0.5) is 0 Å². The predicted octanol–water partition coefficient (Wildman–Crippen LogP) is -4.77. The minimum absolute atomic E-state index is 0. The first-order valence-corrected chi connectivity index (χ1v) is 3.49. The quantitative estimate of drug-likeness (QED) is 0.216. The molecule has 0 saturated carbocycles. The van der Waals surface area contributed by atoms with E-state index in [-0.39, 0.29) is 31.0 Å². The molecule has 9 heavy (non-hydrogen) atoms. The minimum Gasteiger partial charge on any atom is -1.00 e. The second-order valence-electron chi connectivity index (χ2n) is 1.41. The second-order valence-corrected chi connectivity index (χ2v) is 2.91. The fourth-order valence-corrected chi connectivity index (χ4v) is 0.730. The summed E-state index contributed by atoms with van der Waals surface area (Å²) in [6.07, 6.45) is -0.995. The van der Waals surface area contributed by atoms with Crippen LogP contribution in [-0.4, -0.2) is 24.9 Å². The van der Waals surface area contributed by atoms with Gasteiger partial charge in [-0.05, 0) is 0 Å². The van der Waals surface area contributed by atoms with Gasteiger partial charge in [0.15, 0.2) is 0 Å². The van der Waals surface area contributed by atoms with Crippen LogP contribution < -0.4 is 41.0 Å². The molecule has 0 fully saturated rings. The van der Waals surface area contributed by atoms with Crippen molar-refractivity contribution >= 4 is 10.1 Å². The van der Waals surface area contributed by atoms with E-state index in [0.717, 1.165) is 0 Å². The summed E-state index contributed by atoms with van der Waals surface area (Å²) < 4.78 is 27.7. The van der Waals surface area contributed by atoms with E-state index >= 15 is 0 Å². The summed E-state index contributed by atoms with van der Waals surface area (Å²) >= 11 is 0. The Morgan fingerprint density at radius 2 is 1.89 bits per heavy atom. The van der Waals surface area contributed by atoms with Crippen LogP contribution in [0.25, 0.3) is 0 Å². The Morgan fingerprint density at radius 3 is 1.89 bits per heavy atom. The molecule has 52 valence electrons. The molecule has 0 aromatic carbocycles. The van der Waals surface area contributed by atoms with Crippen molar-refractivity contribution in [2.24, 2.45) is 11.5 Å². The molecule has 0 aliphatic carbocycles. The first-order valence-electron chi connectivity index (χ1n) is 1.88. The maximum absolute atomic E-state index is 9.84. The van der Waals surface area contributed by atoms with E-state index in [1.54, 1.807) is 0 Å². The number of nitrogens with two attached hydrogens (primary N) is 2. The van der Waals surface area contributed by atoms with Gasteiger partial charge in [-0.25, -0.2) is 0 Å². The third kappa shape index (κ3) is 12.1. The maximum atomic E-state index is 9.84. The van der Waals surface area contributed by atoms with Crippen molar-refractivity contribution in [2.45, 2.75) is 6.17 Å². The summed E-state index contributed by atoms with van der Waals surface area (Å²) in [6, 6.07) is 0. The van der Waals surface area contributed by atoms with Gasteiger partial charge in [-0.15, -0.1) is 0 Å². The zero-order chi connectivity index (χ0) is 6.78. The molecule has 0 atom stereocenters. The summed E-state index contributed by atoms with van der Waals surface area (Å²) in [5.41, 5.74) is 9.63. The zero-order valence-electron chi connectivity index (χ0n) is 6.11. The topological polar surface area (TPSA) is 106 Å². The van der Waals surface area contributed by atoms with Crippen molar-refractivity contribution in [1.29, 1.82) is 0 Å². The van der Waals surface area contributed by atoms with E-state index in [1.807, 2.05) is 0 Å². The number of rotatable bonds is 2. The van der Waals surface area contributed by atoms with E-state index in [4.69, 9.17) is 16.0 Å². The minimum atomic E-state index is -3.97. The molecule has 0 aromatic rings. The Bertz CT molecular complexity index is 158. The fourth-order valence-electron chi connectivity index (χ4n) is 0.243. The maximum Gasteiger partial charge on any atom is 1.00 e. The standard InChI is InChI=1S/C2H8N2O3S.Na.H/c3-2(4)1-8(5,6)7;;/h2H,1,3-4H2,(H,5,6,7);;/q;+1;-1. The molecule has 0 heterocycles. The zero-order valence-corrected chi connectivity index (χ0v) is 7.93. The van der Waals surface area contributed by atoms with Crippen molar-refractivity contribution in [2.75, 3.05) is 5.75 Å². The Morgan fingerprint density at radius 1 is 1.56 bits per heavy atom. The molecular formula is C2H9N2NaO3S. The third-order valence-corrected chi connectivity index (χ3v) is 1.21. The van der Waals surface area contributed by atoms with E-state index in [9.17, 15) is 8.42 Å². The molecule has 7 heteroatoms. The third-order valence-electron chi connectivity index (χ3n) is 0.403. The second kappa shape index (κ2) is 4.62. The smallest absolute Gasteiger partial charge is 1.00 e. The van der Waals surface area contributed by atoms with Gasteiger partial charge >= 0.3 is 29.6 Å². The van der Waals surface area contributed by atoms with Gasteiger partial charge in [0, 0.05) is 0 Å². The summed E-state index contributed by atoms with van der Waals surface area (Å²) in [4.78, 5) is 0. The van der Waals surface area contributed by atoms with Crippen LogP contribution in [0.15, 0.2) is 0 Å². The summed E-state index contributed by atoms with van der Waals surface area (Å²) in [5.74, 6) is -0.590. The summed E-state index contributed by atoms with van der Waals surface area (Å²) in [7, 11) is -3.97. The Balaban J connectivity index is -0.000000245. The van der Waals surface area contributed by atoms with Gasteiger partial charge in [0.1, 0.15) is 5.75 Å². The van der Waals surface area contributed by atoms with Gasteiger partial charge < -0.3 is 12.9 Å². The summed E-state index contributed by atoms with van der Waals surface area (Å²) in [6.45, 7) is 0. The largest absolute Gasteiger partial charge is 1.00 e. The molecule has 0 aliphatic heterocycles. The van der Waals surface area contributed by atoms with Crippen LogP contribution in [0.5, 0.6) is 0 Å². The van der Waals surface area contributed by atoms with E-state index in [0.29, 0.717) is 0 Å². The Labute approximate surface area is 77.3 Å². The van der Waals surface area contributed by atoms with Crippen molar-refractivity contribution < 1.29 is 44.0 Å². The molecule has 0 saturated heterocycles. The van der Waals surface area contributed by atoms with Gasteiger partial charge in [-0.3, -0.25) is 4.55 Å². The van der Waals surface area contributed by atoms with Gasteiger partial charge in [-0.1, -0.05) is 0 Å². The SMILES string of the molecule is NC(N)CS(=O)(=O)O.[H-].[Na+]. The molecule has 0 rings (SSSR count). The average Bonchev–Trinajstić information content (AvgIpc) is 1.21. The average molecular weight is 164 g/mol. The Kier molecular flexibility index (Phi) is 6.41. The predicted molar refractivity (Wildman–Crippen MR) is 29.7 cm³/mol. The van der Waals surface area contributed by atoms with Crippen LogP contribution in [0.2, 0.25) is 0 Å². The van der Waals surface area contributed by atoms with Crippen molar-refractivity contribution in [3.05, 3.63) is 0 Å². The number of hydrogen-bond acceptors (Lipinski definition) is 4. The van der Waals surface area contributed by atoms with E-state index in [2.05, 4.69) is 0 Å². The van der Waals surface area contributed by atoms with Gasteiger partial charge in [0.25, 0.3) is 10.1 Å². The molecule has 0 aliphatic rings. The molecular weight excluding hydrogens is 155 g/mol. The molecule has 0 amide bonds. The van der Waals surface area contributed by atoms with Crippen molar-refractivity contribution in [3.63, 3.8) is 0 Å². The van der Waals surface area contributed by atoms with Crippen LogP contribution >= 0.6 is 0 Å². The van der Waals surface area contributed by atoms with Gasteiger partial charge in [0.2, 0.25) is 0 Å². The Hall–Kier alpha value is 0.830. The van der Waals surface area contributed by atoms with Crippen molar-refractivity contribution in [3.8, 4) is 0 Å². The van der Waals surface area contributed by atoms with Gasteiger partial charge in [-0.2, -0.15) is 8.42 Å². The molecule has 5 nitrogen and oxygen atoms in total. The monoisotopic (exact) mass is 164 g/mol. The van der Waals surface area contributed by atoms with Crippen LogP contribution in [-0.2, 0) is 10.1 Å². The van der Waals surface area contributed by atoms with Gasteiger partial charge in [0.05, 0.1) is 6.17 Å². The first kappa shape index (κ1) is 12.5. The van der Waals surface area contributed by atoms with Crippen LogP contribution in [0.1, 0.15) is 1.43 Å². The normalized spacial score (nSPS) is 11.1. The molecule has 0 unspecified atom stereocenters. The van der Waals surface area contributed by atoms with Crippen molar-refractivity contribution in [1.82, 2.24) is 0 Å². The molecule has 5 N–H and O–H groups in total. The first-order chi connectivity index (χ1) is 3.42. The molecule has 0 spiro atoms. The molecule has 0 aromatic heterocycles. The molecule has 0 radical (unpaired) electrons. The van der Waals surface area contributed by atoms with Crippen LogP contribution in [0.3, 0.4) is 0 Å². The summed E-state index contributed by atoms with van der Waals surface area (Å²) in [5, 5.41) is 0. The number of hydrogen-bond donors (Lipinski definition) is 3. The van der Waals surface area contributed by atoms with E-state index in [1.165, 1.54) is 0 Å².